The molecule has 0 N–H and O–H groups in total. The molecule has 0 spiro atoms. The molecule has 3 rings (SSSR count). The van der Waals surface area contributed by atoms with Gasteiger partial charge in [0.15, 0.2) is 15.5 Å². The third-order valence-electron chi connectivity index (χ3n) is 4.68. The van der Waals surface area contributed by atoms with Gasteiger partial charge in [0.05, 0.1) is 29.8 Å². The minimum absolute atomic E-state index is 0.0316. The summed E-state index contributed by atoms with van der Waals surface area (Å²) in [4.78, 5) is 22.2. The highest BCUT2D eigenvalue weighted by Crippen LogP contribution is 2.25. The molecule has 1 saturated heterocycles. The summed E-state index contributed by atoms with van der Waals surface area (Å²) in [5.74, 6) is -0.242. The number of nitrogens with zero attached hydrogens (tertiary/aromatic N) is 3. The van der Waals surface area contributed by atoms with Gasteiger partial charge in [-0.2, -0.15) is 0 Å². The average Bonchev–Trinajstić information content (AvgIpc) is 3.05. The Kier molecular flexibility index (Phi) is 6.34. The number of carbonyl (C=O) groups is 1. The van der Waals surface area contributed by atoms with Gasteiger partial charge in [0.25, 0.3) is 5.91 Å². The third-order valence-corrected chi connectivity index (χ3v) is 7.57. The van der Waals surface area contributed by atoms with Crippen LogP contribution in [0.4, 0.5) is 0 Å². The maximum absolute atomic E-state index is 13.3. The second-order valence-electron chi connectivity index (χ2n) is 6.96. The van der Waals surface area contributed by atoms with Crippen molar-refractivity contribution in [3.05, 3.63) is 46.7 Å². The predicted molar refractivity (Wildman–Crippen MR) is 110 cm³/mol. The van der Waals surface area contributed by atoms with Crippen LogP contribution in [0, 0.1) is 0 Å². The Labute approximate surface area is 179 Å². The topological polar surface area (TPSA) is 124 Å². The fraction of sp³-hybridized carbons (Fsp3) is 0.389. The number of rotatable bonds is 6. The van der Waals surface area contributed by atoms with E-state index < -0.39 is 36.8 Å². The molecule has 1 aromatic carbocycles. The molecule has 162 valence electrons. The first kappa shape index (κ1) is 22.4. The van der Waals surface area contributed by atoms with E-state index >= 15 is 0 Å². The van der Waals surface area contributed by atoms with E-state index in [4.69, 9.17) is 16.3 Å². The summed E-state index contributed by atoms with van der Waals surface area (Å²) in [6, 6.07) is 6.38. The van der Waals surface area contributed by atoms with Crippen molar-refractivity contribution in [2.75, 3.05) is 24.9 Å². The summed E-state index contributed by atoms with van der Waals surface area (Å²) < 4.78 is 52.7. The Balaban J connectivity index is 2.00. The van der Waals surface area contributed by atoms with Crippen LogP contribution in [0.15, 0.2) is 35.6 Å². The van der Waals surface area contributed by atoms with Crippen LogP contribution in [-0.2, 0) is 26.2 Å². The molecular formula is C18H20ClN3O6S2. The number of halogens is 1. The van der Waals surface area contributed by atoms with Gasteiger partial charge in [-0.3, -0.25) is 4.79 Å². The van der Waals surface area contributed by atoms with Crippen molar-refractivity contribution in [2.45, 2.75) is 24.2 Å². The normalized spacial score (nSPS) is 18.2. The standard InChI is InChI=1S/C18H20ClN3O6S2/c1-28-14-5-3-12(4-6-14)10-22(13-7-8-30(26,27)11-13)17(23)16-15(19)9-20-18(21-16)29(2,24)25/h3-6,9,13H,7-8,10-11H2,1-2H3. The molecule has 1 aliphatic heterocycles. The zero-order valence-corrected chi connectivity index (χ0v) is 18.7. The number of methoxy groups -OCH3 is 1. The minimum atomic E-state index is -3.77. The first-order valence-corrected chi connectivity index (χ1v) is 13.0. The van der Waals surface area contributed by atoms with Gasteiger partial charge in [-0.15, -0.1) is 0 Å². The summed E-state index contributed by atoms with van der Waals surface area (Å²) in [7, 11) is -5.51. The summed E-state index contributed by atoms with van der Waals surface area (Å²) in [6.07, 6.45) is 2.24. The number of hydrogen-bond donors (Lipinski definition) is 0. The smallest absolute Gasteiger partial charge is 0.274 e. The Hall–Kier alpha value is -2.24. The molecule has 1 atom stereocenters. The lowest BCUT2D eigenvalue weighted by Crippen LogP contribution is -2.41. The maximum Gasteiger partial charge on any atom is 0.274 e. The third kappa shape index (κ3) is 5.08. The lowest BCUT2D eigenvalue weighted by Gasteiger charge is -2.28. The summed E-state index contributed by atoms with van der Waals surface area (Å²) in [5.41, 5.74) is 0.451. The van der Waals surface area contributed by atoms with Crippen molar-refractivity contribution in [3.63, 3.8) is 0 Å². The molecule has 1 fully saturated rings. The molecule has 9 nitrogen and oxygen atoms in total. The van der Waals surface area contributed by atoms with E-state index in [0.29, 0.717) is 5.75 Å². The van der Waals surface area contributed by atoms with Crippen LogP contribution in [0.5, 0.6) is 5.75 Å². The van der Waals surface area contributed by atoms with E-state index in [0.717, 1.165) is 18.0 Å². The summed E-state index contributed by atoms with van der Waals surface area (Å²) in [6.45, 7) is 0.0948. The molecule has 1 aliphatic rings. The zero-order chi connectivity index (χ0) is 22.1. The van der Waals surface area contributed by atoms with Crippen LogP contribution in [0.1, 0.15) is 22.5 Å². The van der Waals surface area contributed by atoms with Gasteiger partial charge in [-0.05, 0) is 24.1 Å². The molecule has 2 aromatic rings. The second-order valence-corrected chi connectivity index (χ2v) is 11.5. The lowest BCUT2D eigenvalue weighted by molar-refractivity contribution is 0.0674. The molecule has 0 saturated carbocycles. The summed E-state index contributed by atoms with van der Waals surface area (Å²) in [5, 5.41) is -0.647. The van der Waals surface area contributed by atoms with Crippen molar-refractivity contribution in [1.82, 2.24) is 14.9 Å². The number of benzene rings is 1. The largest absolute Gasteiger partial charge is 0.497 e. The molecule has 12 heteroatoms. The van der Waals surface area contributed by atoms with E-state index in [-0.39, 0.29) is 35.2 Å². The Morgan fingerprint density at radius 3 is 2.50 bits per heavy atom. The molecule has 0 bridgehead atoms. The number of carbonyl (C=O) groups excluding carboxylic acids is 1. The van der Waals surface area contributed by atoms with Crippen LogP contribution in [0.3, 0.4) is 0 Å². The summed E-state index contributed by atoms with van der Waals surface area (Å²) >= 11 is 6.09. The van der Waals surface area contributed by atoms with Gasteiger partial charge in [0, 0.05) is 18.8 Å². The average molecular weight is 474 g/mol. The SMILES string of the molecule is COc1ccc(CN(C(=O)c2nc(S(C)(=O)=O)ncc2Cl)C2CCS(=O)(=O)C2)cc1. The second kappa shape index (κ2) is 8.48. The highest BCUT2D eigenvalue weighted by Gasteiger charge is 2.36. The van der Waals surface area contributed by atoms with Gasteiger partial charge in [0.1, 0.15) is 5.75 Å². The van der Waals surface area contributed by atoms with Crippen molar-refractivity contribution >= 4 is 37.2 Å². The van der Waals surface area contributed by atoms with Gasteiger partial charge < -0.3 is 9.64 Å². The van der Waals surface area contributed by atoms with Crippen molar-refractivity contribution in [1.29, 1.82) is 0 Å². The van der Waals surface area contributed by atoms with Crippen LogP contribution in [-0.4, -0.2) is 68.5 Å². The Morgan fingerprint density at radius 2 is 1.97 bits per heavy atom. The number of ether oxygens (including phenoxy) is 1. The molecule has 1 amide bonds. The number of hydrogen-bond acceptors (Lipinski definition) is 8. The van der Waals surface area contributed by atoms with Crippen LogP contribution in [0.2, 0.25) is 5.02 Å². The van der Waals surface area contributed by atoms with Crippen LogP contribution in [0.25, 0.3) is 0 Å². The van der Waals surface area contributed by atoms with Crippen molar-refractivity contribution in [3.8, 4) is 5.75 Å². The predicted octanol–water partition coefficient (Wildman–Crippen LogP) is 1.37. The molecule has 0 aliphatic carbocycles. The number of amides is 1. The van der Waals surface area contributed by atoms with E-state index in [1.54, 1.807) is 24.3 Å². The minimum Gasteiger partial charge on any atom is -0.497 e. The Morgan fingerprint density at radius 1 is 1.30 bits per heavy atom. The fourth-order valence-corrected chi connectivity index (χ4v) is 5.54. The maximum atomic E-state index is 13.3. The molecule has 1 unspecified atom stereocenters. The first-order valence-electron chi connectivity index (χ1n) is 8.87. The molecule has 2 heterocycles. The number of sulfone groups is 2. The van der Waals surface area contributed by atoms with Crippen LogP contribution < -0.4 is 4.74 Å². The van der Waals surface area contributed by atoms with Gasteiger partial charge in [-0.1, -0.05) is 23.7 Å². The highest BCUT2D eigenvalue weighted by molar-refractivity contribution is 7.91. The highest BCUT2D eigenvalue weighted by atomic mass is 35.5. The molecule has 1 aromatic heterocycles. The zero-order valence-electron chi connectivity index (χ0n) is 16.3. The van der Waals surface area contributed by atoms with E-state index in [1.165, 1.54) is 12.0 Å². The fourth-order valence-electron chi connectivity index (χ4n) is 3.13. The van der Waals surface area contributed by atoms with E-state index in [1.807, 2.05) is 0 Å². The van der Waals surface area contributed by atoms with Crippen molar-refractivity contribution < 1.29 is 26.4 Å². The molecule has 30 heavy (non-hydrogen) atoms. The van der Waals surface area contributed by atoms with Gasteiger partial charge in [0.2, 0.25) is 15.0 Å². The van der Waals surface area contributed by atoms with E-state index in [9.17, 15) is 21.6 Å². The van der Waals surface area contributed by atoms with E-state index in [2.05, 4.69) is 9.97 Å². The monoisotopic (exact) mass is 473 g/mol. The first-order chi connectivity index (χ1) is 14.0. The van der Waals surface area contributed by atoms with Crippen LogP contribution >= 0.6 is 11.6 Å². The van der Waals surface area contributed by atoms with Crippen molar-refractivity contribution in [2.24, 2.45) is 0 Å². The quantitative estimate of drug-likeness (QED) is 0.576. The number of aromatic nitrogens is 2. The van der Waals surface area contributed by atoms with Gasteiger partial charge >= 0.3 is 0 Å². The Bertz CT molecular complexity index is 1170. The van der Waals surface area contributed by atoms with Gasteiger partial charge in [-0.25, -0.2) is 26.8 Å². The molecular weight excluding hydrogens is 454 g/mol. The lowest BCUT2D eigenvalue weighted by atomic mass is 10.1. The molecule has 0 radical (unpaired) electrons.